The Morgan fingerprint density at radius 1 is 1.50 bits per heavy atom. The highest BCUT2D eigenvalue weighted by Crippen LogP contribution is 2.12. The summed E-state index contributed by atoms with van der Waals surface area (Å²) in [7, 11) is 0. The summed E-state index contributed by atoms with van der Waals surface area (Å²) in [6.45, 7) is 7.08. The summed E-state index contributed by atoms with van der Waals surface area (Å²) in [5.41, 5.74) is 5.57. The molecular formula is C10H23N3O. The maximum atomic E-state index is 8.90. The third-order valence-electron chi connectivity index (χ3n) is 2.38. The summed E-state index contributed by atoms with van der Waals surface area (Å²) in [6, 6.07) is 0. The highest BCUT2D eigenvalue weighted by molar-refractivity contribution is 5.78. The van der Waals surface area contributed by atoms with Crippen LogP contribution in [0.2, 0.25) is 0 Å². The van der Waals surface area contributed by atoms with E-state index in [0.29, 0.717) is 12.4 Å². The Hall–Kier alpha value is -0.770. The zero-order valence-corrected chi connectivity index (χ0v) is 9.51. The molecule has 0 rings (SSSR count). The Bertz CT molecular complexity index is 182. The molecule has 0 aliphatic rings. The molecule has 0 aromatic rings. The molecule has 0 amide bonds. The van der Waals surface area contributed by atoms with Crippen LogP contribution in [0.1, 0.15) is 40.0 Å². The first-order valence-corrected chi connectivity index (χ1v) is 5.27. The van der Waals surface area contributed by atoms with Crippen LogP contribution in [0.25, 0.3) is 0 Å². The minimum atomic E-state index is -0.143. The number of aliphatic imine (C=N–C) groups is 1. The van der Waals surface area contributed by atoms with Gasteiger partial charge in [-0.2, -0.15) is 0 Å². The first-order chi connectivity index (χ1) is 6.58. The van der Waals surface area contributed by atoms with Gasteiger partial charge < -0.3 is 16.2 Å². The van der Waals surface area contributed by atoms with Gasteiger partial charge in [0.2, 0.25) is 0 Å². The van der Waals surface area contributed by atoms with E-state index in [1.807, 2.05) is 6.92 Å². The Morgan fingerprint density at radius 3 is 2.57 bits per heavy atom. The third kappa shape index (κ3) is 5.07. The fraction of sp³-hybridized carbons (Fsp3) is 0.900. The van der Waals surface area contributed by atoms with Crippen molar-refractivity contribution >= 4 is 5.96 Å². The predicted octanol–water partition coefficient (Wildman–Crippen LogP) is 0.852. The van der Waals surface area contributed by atoms with E-state index in [-0.39, 0.29) is 12.1 Å². The summed E-state index contributed by atoms with van der Waals surface area (Å²) in [4.78, 5) is 4.16. The van der Waals surface area contributed by atoms with Crippen molar-refractivity contribution in [1.82, 2.24) is 5.32 Å². The third-order valence-corrected chi connectivity index (χ3v) is 2.38. The second-order valence-electron chi connectivity index (χ2n) is 3.78. The minimum absolute atomic E-state index is 0.143. The van der Waals surface area contributed by atoms with E-state index in [0.717, 1.165) is 19.4 Å². The molecule has 0 aliphatic carbocycles. The fourth-order valence-electron chi connectivity index (χ4n) is 1.16. The molecule has 0 bridgehead atoms. The predicted molar refractivity (Wildman–Crippen MR) is 60.3 cm³/mol. The number of aliphatic hydroxyl groups is 1. The summed E-state index contributed by atoms with van der Waals surface area (Å²) >= 11 is 0. The second kappa shape index (κ2) is 6.65. The molecular weight excluding hydrogens is 178 g/mol. The van der Waals surface area contributed by atoms with Crippen LogP contribution >= 0.6 is 0 Å². The number of nitrogens with two attached hydrogens (primary N) is 1. The molecule has 0 heterocycles. The van der Waals surface area contributed by atoms with Crippen molar-refractivity contribution in [2.24, 2.45) is 10.7 Å². The van der Waals surface area contributed by atoms with E-state index in [1.165, 1.54) is 0 Å². The zero-order chi connectivity index (χ0) is 11.0. The first kappa shape index (κ1) is 13.2. The normalized spacial score (nSPS) is 16.4. The second-order valence-corrected chi connectivity index (χ2v) is 3.78. The number of nitrogens with one attached hydrogen (secondary N) is 1. The molecule has 0 saturated heterocycles. The van der Waals surface area contributed by atoms with Gasteiger partial charge in [-0.25, -0.2) is 0 Å². The summed E-state index contributed by atoms with van der Waals surface area (Å²) in [5, 5.41) is 12.0. The molecule has 0 fully saturated rings. The van der Waals surface area contributed by atoms with Crippen molar-refractivity contribution in [1.29, 1.82) is 0 Å². The first-order valence-electron chi connectivity index (χ1n) is 5.27. The van der Waals surface area contributed by atoms with Crippen LogP contribution in [0.4, 0.5) is 0 Å². The van der Waals surface area contributed by atoms with E-state index in [2.05, 4.69) is 24.2 Å². The average Bonchev–Trinajstić information content (AvgIpc) is 2.15. The van der Waals surface area contributed by atoms with Crippen LogP contribution in [0, 0.1) is 0 Å². The van der Waals surface area contributed by atoms with E-state index in [9.17, 15) is 0 Å². The Morgan fingerprint density at radius 2 is 2.14 bits per heavy atom. The molecule has 4 nitrogen and oxygen atoms in total. The topological polar surface area (TPSA) is 70.6 Å². The van der Waals surface area contributed by atoms with Gasteiger partial charge in [0.15, 0.2) is 5.96 Å². The van der Waals surface area contributed by atoms with Crippen molar-refractivity contribution in [3.8, 4) is 0 Å². The van der Waals surface area contributed by atoms with Crippen LogP contribution in [0.5, 0.6) is 0 Å². The average molecular weight is 201 g/mol. The number of nitrogens with zero attached hydrogens (tertiary/aromatic N) is 1. The van der Waals surface area contributed by atoms with Crippen molar-refractivity contribution in [3.05, 3.63) is 0 Å². The lowest BCUT2D eigenvalue weighted by Crippen LogP contribution is -2.49. The van der Waals surface area contributed by atoms with Crippen LogP contribution in [-0.4, -0.2) is 29.8 Å². The van der Waals surface area contributed by atoms with Gasteiger partial charge in [0.05, 0.1) is 0 Å². The van der Waals surface area contributed by atoms with E-state index < -0.39 is 0 Å². The van der Waals surface area contributed by atoms with Crippen LogP contribution in [0.15, 0.2) is 4.99 Å². The molecule has 0 spiro atoms. The maximum Gasteiger partial charge on any atom is 0.189 e. The molecule has 0 aromatic carbocycles. The minimum Gasteiger partial charge on any atom is -0.396 e. The summed E-state index contributed by atoms with van der Waals surface area (Å²) in [6.07, 6.45) is 2.59. The quantitative estimate of drug-likeness (QED) is 0.441. The van der Waals surface area contributed by atoms with Gasteiger partial charge in [-0.1, -0.05) is 13.8 Å². The number of aliphatic hydroxyl groups excluding tert-OH is 1. The van der Waals surface area contributed by atoms with Gasteiger partial charge in [-0.15, -0.1) is 0 Å². The number of rotatable bonds is 6. The van der Waals surface area contributed by atoms with E-state index in [1.54, 1.807) is 0 Å². The van der Waals surface area contributed by atoms with E-state index >= 15 is 0 Å². The van der Waals surface area contributed by atoms with Gasteiger partial charge in [0, 0.05) is 18.7 Å². The van der Waals surface area contributed by atoms with Crippen LogP contribution in [-0.2, 0) is 0 Å². The lowest BCUT2D eigenvalue weighted by molar-refractivity contribution is 0.231. The number of hydrogen-bond acceptors (Lipinski definition) is 2. The summed E-state index contributed by atoms with van der Waals surface area (Å²) < 4.78 is 0. The molecule has 0 radical (unpaired) electrons. The van der Waals surface area contributed by atoms with Gasteiger partial charge >= 0.3 is 0 Å². The lowest BCUT2D eigenvalue weighted by atomic mass is 9.95. The summed E-state index contributed by atoms with van der Waals surface area (Å²) in [5.74, 6) is 0.477. The molecule has 0 saturated carbocycles. The number of hydrogen-bond donors (Lipinski definition) is 3. The largest absolute Gasteiger partial charge is 0.396 e. The monoisotopic (exact) mass is 201 g/mol. The Kier molecular flexibility index (Phi) is 6.28. The zero-order valence-electron chi connectivity index (χ0n) is 9.51. The smallest absolute Gasteiger partial charge is 0.189 e. The molecule has 1 unspecified atom stereocenters. The molecule has 4 heteroatoms. The van der Waals surface area contributed by atoms with E-state index in [4.69, 9.17) is 10.8 Å². The highest BCUT2D eigenvalue weighted by Gasteiger charge is 2.21. The molecule has 0 aromatic heterocycles. The van der Waals surface area contributed by atoms with Crippen molar-refractivity contribution in [2.75, 3.05) is 13.2 Å². The fourth-order valence-corrected chi connectivity index (χ4v) is 1.16. The number of guanidine groups is 1. The van der Waals surface area contributed by atoms with Gasteiger partial charge in [-0.3, -0.25) is 4.99 Å². The molecule has 84 valence electrons. The van der Waals surface area contributed by atoms with Crippen molar-refractivity contribution in [2.45, 2.75) is 45.6 Å². The standard InChI is InChI=1S/C10H23N3O/c1-4-7-12-9(11)13-10(3,5-2)6-8-14/h14H,4-8H2,1-3H3,(H3,11,12,13). The molecule has 14 heavy (non-hydrogen) atoms. The van der Waals surface area contributed by atoms with Crippen LogP contribution in [0.3, 0.4) is 0 Å². The molecule has 4 N–H and O–H groups in total. The Balaban J connectivity index is 4.15. The maximum absolute atomic E-state index is 8.90. The SMILES string of the molecule is CCCN=C(N)NC(C)(CC)CCO. The highest BCUT2D eigenvalue weighted by atomic mass is 16.3. The Labute approximate surface area is 86.6 Å². The van der Waals surface area contributed by atoms with Gasteiger partial charge in [0.1, 0.15) is 0 Å². The van der Waals surface area contributed by atoms with Crippen molar-refractivity contribution in [3.63, 3.8) is 0 Å². The van der Waals surface area contributed by atoms with Gasteiger partial charge in [0.25, 0.3) is 0 Å². The molecule has 1 atom stereocenters. The lowest BCUT2D eigenvalue weighted by Gasteiger charge is -2.29. The van der Waals surface area contributed by atoms with Crippen LogP contribution < -0.4 is 11.1 Å². The van der Waals surface area contributed by atoms with Crippen molar-refractivity contribution < 1.29 is 5.11 Å². The molecule has 0 aliphatic heterocycles. The van der Waals surface area contributed by atoms with Gasteiger partial charge in [-0.05, 0) is 26.2 Å².